The lowest BCUT2D eigenvalue weighted by Crippen LogP contribution is -2.23. The minimum Gasteiger partial charge on any atom is -0.368 e. The summed E-state index contributed by atoms with van der Waals surface area (Å²) in [5.41, 5.74) is 5.35. The third-order valence-corrected chi connectivity index (χ3v) is 7.04. The Labute approximate surface area is 197 Å². The molecule has 0 radical (unpaired) electrons. The van der Waals surface area contributed by atoms with Gasteiger partial charge in [-0.05, 0) is 42.7 Å². The molecule has 0 saturated heterocycles. The Bertz CT molecular complexity index is 1550. The highest BCUT2D eigenvalue weighted by molar-refractivity contribution is 6.31. The second-order valence-electron chi connectivity index (χ2n) is 8.83. The van der Waals surface area contributed by atoms with Crippen molar-refractivity contribution in [2.45, 2.75) is 38.1 Å². The summed E-state index contributed by atoms with van der Waals surface area (Å²) >= 11 is 6.39. The van der Waals surface area contributed by atoms with Gasteiger partial charge in [0.05, 0.1) is 22.1 Å². The highest BCUT2D eigenvalue weighted by atomic mass is 35.5. The van der Waals surface area contributed by atoms with Crippen molar-refractivity contribution < 1.29 is 0 Å². The van der Waals surface area contributed by atoms with Crippen molar-refractivity contribution in [3.63, 3.8) is 0 Å². The van der Waals surface area contributed by atoms with Gasteiger partial charge >= 0.3 is 0 Å². The molecule has 2 aromatic carbocycles. The lowest BCUT2D eigenvalue weighted by molar-refractivity contribution is 0.462. The molecule has 0 aliphatic heterocycles. The maximum atomic E-state index is 10.3. The SMILES string of the molecule is N#Cc1c(-c2cccc(Cl)c2)c(NC2CCCCC2)n2c1ccc1ccc3cccnc3c12. The number of rotatable bonds is 3. The normalized spacial score (nSPS) is 14.7. The molecule has 0 spiro atoms. The van der Waals surface area contributed by atoms with Gasteiger partial charge in [0.2, 0.25) is 0 Å². The van der Waals surface area contributed by atoms with Gasteiger partial charge in [-0.1, -0.05) is 67.3 Å². The summed E-state index contributed by atoms with van der Waals surface area (Å²) in [6.45, 7) is 0. The summed E-state index contributed by atoms with van der Waals surface area (Å²) in [5, 5.41) is 17.0. The highest BCUT2D eigenvalue weighted by Gasteiger charge is 2.25. The average Bonchev–Trinajstić information content (AvgIpc) is 3.17. The van der Waals surface area contributed by atoms with Crippen LogP contribution in [-0.2, 0) is 0 Å². The number of anilines is 1. The molecule has 6 rings (SSSR count). The van der Waals surface area contributed by atoms with Crippen LogP contribution < -0.4 is 5.32 Å². The van der Waals surface area contributed by atoms with Crippen LogP contribution in [0.2, 0.25) is 5.02 Å². The van der Waals surface area contributed by atoms with Gasteiger partial charge in [0.1, 0.15) is 11.9 Å². The van der Waals surface area contributed by atoms with Gasteiger partial charge in [-0.2, -0.15) is 5.26 Å². The number of nitrogens with zero attached hydrogens (tertiary/aromatic N) is 3. The smallest absolute Gasteiger partial charge is 0.120 e. The van der Waals surface area contributed by atoms with E-state index in [1.165, 1.54) is 19.3 Å². The molecule has 0 bridgehead atoms. The van der Waals surface area contributed by atoms with Gasteiger partial charge in [-0.3, -0.25) is 9.38 Å². The molecule has 1 fully saturated rings. The van der Waals surface area contributed by atoms with E-state index in [0.29, 0.717) is 16.6 Å². The van der Waals surface area contributed by atoms with Gasteiger partial charge in [-0.25, -0.2) is 0 Å². The van der Waals surface area contributed by atoms with E-state index in [1.54, 1.807) is 0 Å². The first-order valence-corrected chi connectivity index (χ1v) is 11.9. The summed E-state index contributed by atoms with van der Waals surface area (Å²) in [5.74, 6) is 0.958. The minimum atomic E-state index is 0.375. The van der Waals surface area contributed by atoms with Crippen molar-refractivity contribution in [1.82, 2.24) is 9.38 Å². The lowest BCUT2D eigenvalue weighted by Gasteiger charge is -2.25. The number of fused-ring (bicyclic) bond motifs is 5. The van der Waals surface area contributed by atoms with Crippen LogP contribution in [0.3, 0.4) is 0 Å². The monoisotopic (exact) mass is 450 g/mol. The number of pyridine rings is 2. The van der Waals surface area contributed by atoms with Crippen LogP contribution in [-0.4, -0.2) is 15.4 Å². The van der Waals surface area contributed by atoms with Gasteiger partial charge in [0.25, 0.3) is 0 Å². The first-order chi connectivity index (χ1) is 16.2. The molecule has 1 saturated carbocycles. The predicted molar refractivity (Wildman–Crippen MR) is 136 cm³/mol. The van der Waals surface area contributed by atoms with E-state index in [1.807, 2.05) is 36.5 Å². The Morgan fingerprint density at radius 2 is 1.79 bits per heavy atom. The van der Waals surface area contributed by atoms with Crippen LogP contribution in [0, 0.1) is 11.3 Å². The molecule has 1 aliphatic rings. The molecule has 0 amide bonds. The molecule has 0 atom stereocenters. The van der Waals surface area contributed by atoms with Crippen molar-refractivity contribution in [1.29, 1.82) is 5.26 Å². The van der Waals surface area contributed by atoms with Crippen LogP contribution in [0.5, 0.6) is 0 Å². The number of nitriles is 1. The molecular formula is C28H23ClN4. The second-order valence-corrected chi connectivity index (χ2v) is 9.27. The molecular weight excluding hydrogens is 428 g/mol. The number of hydrogen-bond donors (Lipinski definition) is 1. The van der Waals surface area contributed by atoms with Crippen molar-refractivity contribution in [3.05, 3.63) is 77.4 Å². The van der Waals surface area contributed by atoms with Gasteiger partial charge in [0, 0.05) is 33.6 Å². The van der Waals surface area contributed by atoms with Gasteiger partial charge in [0.15, 0.2) is 0 Å². The Morgan fingerprint density at radius 1 is 0.970 bits per heavy atom. The zero-order valence-electron chi connectivity index (χ0n) is 18.2. The molecule has 4 nitrogen and oxygen atoms in total. The Hall–Kier alpha value is -3.55. The minimum absolute atomic E-state index is 0.375. The summed E-state index contributed by atoms with van der Waals surface area (Å²) in [4.78, 5) is 4.75. The fourth-order valence-corrected chi connectivity index (χ4v) is 5.47. The van der Waals surface area contributed by atoms with Crippen molar-refractivity contribution in [2.75, 3.05) is 5.32 Å². The zero-order valence-corrected chi connectivity index (χ0v) is 18.9. The fraction of sp³-hybridized carbons (Fsp3) is 0.214. The second kappa shape index (κ2) is 8.10. The van der Waals surface area contributed by atoms with E-state index in [9.17, 15) is 5.26 Å². The Balaban J connectivity index is 1.76. The van der Waals surface area contributed by atoms with Crippen molar-refractivity contribution in [3.8, 4) is 17.2 Å². The maximum absolute atomic E-state index is 10.3. The predicted octanol–water partition coefficient (Wildman–Crippen LogP) is 7.58. The highest BCUT2D eigenvalue weighted by Crippen LogP contribution is 2.41. The third kappa shape index (κ3) is 3.32. The number of halogens is 1. The number of aromatic nitrogens is 2. The zero-order chi connectivity index (χ0) is 22.4. The first kappa shape index (κ1) is 20.1. The topological polar surface area (TPSA) is 53.1 Å². The van der Waals surface area contributed by atoms with E-state index in [4.69, 9.17) is 16.6 Å². The average molecular weight is 451 g/mol. The maximum Gasteiger partial charge on any atom is 0.120 e. The molecule has 3 aromatic heterocycles. The van der Waals surface area contributed by atoms with Crippen LogP contribution in [0.25, 0.3) is 38.4 Å². The van der Waals surface area contributed by atoms with E-state index < -0.39 is 0 Å². The molecule has 1 aliphatic carbocycles. The summed E-state index contributed by atoms with van der Waals surface area (Å²) in [6.07, 6.45) is 7.84. The number of benzene rings is 2. The lowest BCUT2D eigenvalue weighted by atomic mass is 9.95. The van der Waals surface area contributed by atoms with E-state index >= 15 is 0 Å². The Kier molecular flexibility index (Phi) is 4.93. The van der Waals surface area contributed by atoms with Crippen molar-refractivity contribution >= 4 is 44.7 Å². The summed E-state index contributed by atoms with van der Waals surface area (Å²) < 4.78 is 2.22. The van der Waals surface area contributed by atoms with Gasteiger partial charge in [-0.15, -0.1) is 0 Å². The Morgan fingerprint density at radius 3 is 2.61 bits per heavy atom. The molecule has 5 aromatic rings. The first-order valence-electron chi connectivity index (χ1n) is 11.5. The van der Waals surface area contributed by atoms with Crippen LogP contribution >= 0.6 is 11.6 Å². The van der Waals surface area contributed by atoms with Crippen molar-refractivity contribution in [2.24, 2.45) is 0 Å². The fourth-order valence-electron chi connectivity index (χ4n) is 5.28. The van der Waals surface area contributed by atoms with Crippen LogP contribution in [0.4, 0.5) is 5.82 Å². The van der Waals surface area contributed by atoms with E-state index in [0.717, 1.165) is 57.1 Å². The molecule has 162 valence electrons. The summed E-state index contributed by atoms with van der Waals surface area (Å²) in [7, 11) is 0. The molecule has 3 heterocycles. The molecule has 33 heavy (non-hydrogen) atoms. The number of nitrogens with one attached hydrogen (secondary N) is 1. The third-order valence-electron chi connectivity index (χ3n) is 6.80. The van der Waals surface area contributed by atoms with E-state index in [-0.39, 0.29) is 0 Å². The van der Waals surface area contributed by atoms with Crippen LogP contribution in [0.15, 0.2) is 66.9 Å². The van der Waals surface area contributed by atoms with Gasteiger partial charge < -0.3 is 5.32 Å². The van der Waals surface area contributed by atoms with Crippen LogP contribution in [0.1, 0.15) is 37.7 Å². The molecule has 0 unspecified atom stereocenters. The molecule has 1 N–H and O–H groups in total. The molecule has 5 heteroatoms. The summed E-state index contributed by atoms with van der Waals surface area (Å²) in [6, 6.07) is 23.1. The standard InChI is InChI=1S/C28H23ClN4/c29-21-8-4-6-20(16-21)25-23(17-30)24-14-13-19-12-11-18-7-5-15-31-26(18)27(19)33(24)28(25)32-22-9-2-1-3-10-22/h4-8,11-16,22,32H,1-3,9-10H2. The van der Waals surface area contributed by atoms with E-state index in [2.05, 4.69) is 46.1 Å². The quantitative estimate of drug-likeness (QED) is 0.288. The number of hydrogen-bond acceptors (Lipinski definition) is 3. The largest absolute Gasteiger partial charge is 0.368 e.